The third kappa shape index (κ3) is 6.10. The fraction of sp³-hybridized carbons (Fsp3) is 0.231. The van der Waals surface area contributed by atoms with Crippen LogP contribution in [0.4, 0.5) is 14.5 Å². The van der Waals surface area contributed by atoms with Gasteiger partial charge in [-0.3, -0.25) is 4.79 Å². The van der Waals surface area contributed by atoms with Gasteiger partial charge in [0, 0.05) is 18.8 Å². The van der Waals surface area contributed by atoms with Gasteiger partial charge in [0.1, 0.15) is 17.3 Å². The lowest BCUT2D eigenvalue weighted by Gasteiger charge is -2.26. The molecule has 3 rings (SSSR count). The summed E-state index contributed by atoms with van der Waals surface area (Å²) in [5.41, 5.74) is 18.2. The molecule has 34 heavy (non-hydrogen) atoms. The Bertz CT molecular complexity index is 1130. The highest BCUT2D eigenvalue weighted by molar-refractivity contribution is 6.10. The van der Waals surface area contributed by atoms with Gasteiger partial charge >= 0.3 is 0 Å². The Morgan fingerprint density at radius 2 is 1.94 bits per heavy atom. The molecule has 1 unspecified atom stereocenters. The molecule has 0 aromatic heterocycles. The number of hydrazone groups is 1. The minimum atomic E-state index is -0.862. The number of nitrogens with two attached hydrogens (primary N) is 2. The van der Waals surface area contributed by atoms with Gasteiger partial charge in [0.05, 0.1) is 11.9 Å². The number of halogens is 2. The average Bonchev–Trinajstić information content (AvgIpc) is 2.84. The number of carbonyl (C=O) groups excluding carboxylic acids is 1. The molecule has 0 radical (unpaired) electrons. The standard InChI is InChI=1S/C26H29F2N5O/c1-31-32-16-19(15-29)20-8-4-7-18-13-12-17(14-21(18)20)6-2-3-11-24(30)26(34)33-25-22(27)9-5-10-23(25)28/h2-5,7-11,15-17,31H,6,12-14,29-30H2,1H3,(H,33,34)/b3-2-,19-15+,24-11-,32-16+. The van der Waals surface area contributed by atoms with Gasteiger partial charge < -0.3 is 22.2 Å². The van der Waals surface area contributed by atoms with Gasteiger partial charge in [0.25, 0.3) is 5.91 Å². The molecule has 178 valence electrons. The largest absolute Gasteiger partial charge is 0.404 e. The first kappa shape index (κ1) is 24.7. The molecule has 8 heteroatoms. The molecule has 0 spiro atoms. The Hall–Kier alpha value is -3.94. The Morgan fingerprint density at radius 3 is 2.65 bits per heavy atom. The fourth-order valence-corrected chi connectivity index (χ4v) is 3.99. The summed E-state index contributed by atoms with van der Waals surface area (Å²) in [6.07, 6.45) is 12.1. The second-order valence-electron chi connectivity index (χ2n) is 7.99. The lowest BCUT2D eigenvalue weighted by molar-refractivity contribution is -0.112. The van der Waals surface area contributed by atoms with Crippen LogP contribution in [0.3, 0.4) is 0 Å². The molecule has 1 aliphatic carbocycles. The van der Waals surface area contributed by atoms with Crippen molar-refractivity contribution < 1.29 is 13.6 Å². The third-order valence-corrected chi connectivity index (χ3v) is 5.76. The Morgan fingerprint density at radius 1 is 1.21 bits per heavy atom. The van der Waals surface area contributed by atoms with Crippen LogP contribution in [0.2, 0.25) is 0 Å². The first-order valence-electron chi connectivity index (χ1n) is 11.0. The van der Waals surface area contributed by atoms with E-state index < -0.39 is 23.2 Å². The molecule has 0 bridgehead atoms. The van der Waals surface area contributed by atoms with Gasteiger partial charge in [-0.05, 0) is 66.5 Å². The van der Waals surface area contributed by atoms with E-state index in [4.69, 9.17) is 11.5 Å². The maximum Gasteiger partial charge on any atom is 0.271 e. The molecule has 0 heterocycles. The number of allylic oxidation sites excluding steroid dienone is 4. The maximum atomic E-state index is 13.7. The van der Waals surface area contributed by atoms with Crippen LogP contribution in [0, 0.1) is 17.6 Å². The quantitative estimate of drug-likeness (QED) is 0.205. The summed E-state index contributed by atoms with van der Waals surface area (Å²) in [6, 6.07) is 9.58. The van der Waals surface area contributed by atoms with Crippen molar-refractivity contribution in [2.24, 2.45) is 22.5 Å². The minimum absolute atomic E-state index is 0.142. The highest BCUT2D eigenvalue weighted by atomic mass is 19.1. The van der Waals surface area contributed by atoms with Gasteiger partial charge in [-0.1, -0.05) is 36.4 Å². The lowest BCUT2D eigenvalue weighted by atomic mass is 9.79. The Labute approximate surface area is 198 Å². The van der Waals surface area contributed by atoms with E-state index >= 15 is 0 Å². The van der Waals surface area contributed by atoms with Crippen molar-refractivity contribution in [2.45, 2.75) is 25.7 Å². The molecule has 1 amide bonds. The summed E-state index contributed by atoms with van der Waals surface area (Å²) in [6.45, 7) is 0. The van der Waals surface area contributed by atoms with Crippen molar-refractivity contribution in [3.05, 3.63) is 94.8 Å². The first-order valence-corrected chi connectivity index (χ1v) is 11.0. The van der Waals surface area contributed by atoms with Crippen LogP contribution in [-0.4, -0.2) is 19.2 Å². The second-order valence-corrected chi connectivity index (χ2v) is 7.99. The molecular weight excluding hydrogens is 436 g/mol. The number of anilines is 1. The van der Waals surface area contributed by atoms with Crippen LogP contribution in [0.1, 0.15) is 29.5 Å². The van der Waals surface area contributed by atoms with E-state index in [1.165, 1.54) is 23.3 Å². The molecule has 0 fully saturated rings. The zero-order valence-corrected chi connectivity index (χ0v) is 19.0. The number of nitrogens with zero attached hydrogens (tertiary/aromatic N) is 1. The lowest BCUT2D eigenvalue weighted by Crippen LogP contribution is -2.21. The fourth-order valence-electron chi connectivity index (χ4n) is 3.99. The van der Waals surface area contributed by atoms with E-state index in [-0.39, 0.29) is 5.70 Å². The number of aryl methyl sites for hydroxylation is 1. The van der Waals surface area contributed by atoms with Crippen molar-refractivity contribution >= 4 is 23.4 Å². The zero-order chi connectivity index (χ0) is 24.5. The van der Waals surface area contributed by atoms with Crippen LogP contribution >= 0.6 is 0 Å². The van der Waals surface area contributed by atoms with Crippen LogP contribution in [0.15, 0.2) is 71.6 Å². The highest BCUT2D eigenvalue weighted by Gasteiger charge is 2.21. The van der Waals surface area contributed by atoms with Crippen molar-refractivity contribution in [2.75, 3.05) is 12.4 Å². The molecule has 2 aromatic rings. The molecule has 6 nitrogen and oxygen atoms in total. The molecule has 0 aliphatic heterocycles. The SMILES string of the molecule is CN/N=C/C(=C\N)c1cccc2c1CC(C/C=C\C=C(/N)C(=O)Nc1c(F)cccc1F)CC2. The summed E-state index contributed by atoms with van der Waals surface area (Å²) < 4.78 is 27.4. The van der Waals surface area contributed by atoms with Gasteiger partial charge in [-0.25, -0.2) is 8.78 Å². The molecule has 6 N–H and O–H groups in total. The molecule has 1 atom stereocenters. The van der Waals surface area contributed by atoms with Crippen molar-refractivity contribution in [1.82, 2.24) is 5.43 Å². The molecule has 1 aliphatic rings. The predicted molar refractivity (Wildman–Crippen MR) is 133 cm³/mol. The number of hydrogen-bond donors (Lipinski definition) is 4. The van der Waals surface area contributed by atoms with Crippen LogP contribution in [-0.2, 0) is 17.6 Å². The maximum absolute atomic E-state index is 13.7. The van der Waals surface area contributed by atoms with E-state index in [0.29, 0.717) is 5.92 Å². The van der Waals surface area contributed by atoms with E-state index in [1.807, 2.05) is 12.1 Å². The number of amides is 1. The topological polar surface area (TPSA) is 106 Å². The van der Waals surface area contributed by atoms with Crippen LogP contribution in [0.5, 0.6) is 0 Å². The van der Waals surface area contributed by atoms with E-state index in [0.717, 1.165) is 49.0 Å². The Kier molecular flexibility index (Phi) is 8.56. The van der Waals surface area contributed by atoms with Gasteiger partial charge in [0.2, 0.25) is 0 Å². The summed E-state index contributed by atoms with van der Waals surface area (Å²) >= 11 is 0. The number of rotatable bonds is 8. The predicted octanol–water partition coefficient (Wildman–Crippen LogP) is 4.00. The number of hydrogen-bond acceptors (Lipinski definition) is 5. The van der Waals surface area contributed by atoms with Crippen molar-refractivity contribution in [3.63, 3.8) is 0 Å². The number of nitrogens with one attached hydrogen (secondary N) is 2. The van der Waals surface area contributed by atoms with Crippen LogP contribution in [0.25, 0.3) is 5.57 Å². The monoisotopic (exact) mass is 465 g/mol. The molecule has 0 saturated carbocycles. The molecule has 2 aromatic carbocycles. The average molecular weight is 466 g/mol. The normalized spacial score (nSPS) is 16.6. The van der Waals surface area contributed by atoms with E-state index in [9.17, 15) is 13.6 Å². The Balaban J connectivity index is 1.63. The number of para-hydroxylation sites is 1. The number of benzene rings is 2. The minimum Gasteiger partial charge on any atom is -0.404 e. The van der Waals surface area contributed by atoms with Gasteiger partial charge in [-0.15, -0.1) is 0 Å². The van der Waals surface area contributed by atoms with E-state index in [1.54, 1.807) is 25.5 Å². The smallest absolute Gasteiger partial charge is 0.271 e. The summed E-state index contributed by atoms with van der Waals surface area (Å²) in [5.74, 6) is -2.08. The zero-order valence-electron chi connectivity index (χ0n) is 19.0. The second kappa shape index (κ2) is 11.8. The molecule has 0 saturated heterocycles. The van der Waals surface area contributed by atoms with Gasteiger partial charge in [-0.2, -0.15) is 5.10 Å². The van der Waals surface area contributed by atoms with Crippen molar-refractivity contribution in [1.29, 1.82) is 0 Å². The highest BCUT2D eigenvalue weighted by Crippen LogP contribution is 2.32. The van der Waals surface area contributed by atoms with E-state index in [2.05, 4.69) is 28.0 Å². The molecular formula is C26H29F2N5O. The summed E-state index contributed by atoms with van der Waals surface area (Å²) in [5, 5.41) is 6.26. The third-order valence-electron chi connectivity index (χ3n) is 5.76. The number of fused-ring (bicyclic) bond motifs is 1. The summed E-state index contributed by atoms with van der Waals surface area (Å²) in [7, 11) is 1.73. The van der Waals surface area contributed by atoms with Crippen molar-refractivity contribution in [3.8, 4) is 0 Å². The summed E-state index contributed by atoms with van der Waals surface area (Å²) in [4.78, 5) is 12.2. The van der Waals surface area contributed by atoms with Gasteiger partial charge in [0.15, 0.2) is 0 Å². The van der Waals surface area contributed by atoms with Crippen LogP contribution < -0.4 is 22.2 Å². The first-order chi connectivity index (χ1) is 16.4. The number of carbonyl (C=O) groups is 1.